The van der Waals surface area contributed by atoms with Crippen molar-refractivity contribution in [3.8, 4) is 5.75 Å². The van der Waals surface area contributed by atoms with Gasteiger partial charge in [-0.15, -0.1) is 0 Å². The molecule has 18 heavy (non-hydrogen) atoms. The van der Waals surface area contributed by atoms with Gasteiger partial charge < -0.3 is 9.84 Å². The lowest BCUT2D eigenvalue weighted by atomic mass is 10.2. The van der Waals surface area contributed by atoms with Gasteiger partial charge in [0.1, 0.15) is 17.1 Å². The van der Waals surface area contributed by atoms with Crippen molar-refractivity contribution in [3.05, 3.63) is 52.0 Å². The number of ether oxygens (including phenoxy) is 1. The van der Waals surface area contributed by atoms with E-state index in [2.05, 4.69) is 0 Å². The second-order valence-corrected chi connectivity index (χ2v) is 4.43. The van der Waals surface area contributed by atoms with E-state index in [-0.39, 0.29) is 5.75 Å². The highest BCUT2D eigenvalue weighted by atomic mass is 32.1. The number of carboxylic acids is 1. The lowest BCUT2D eigenvalue weighted by Crippen LogP contribution is -2.08. The summed E-state index contributed by atoms with van der Waals surface area (Å²) in [4.78, 5) is 10.9. The van der Waals surface area contributed by atoms with E-state index in [1.807, 2.05) is 16.8 Å². The predicted molar refractivity (Wildman–Crippen MR) is 66.9 cm³/mol. The van der Waals surface area contributed by atoms with Crippen molar-refractivity contribution in [1.29, 1.82) is 0 Å². The van der Waals surface area contributed by atoms with Gasteiger partial charge in [-0.3, -0.25) is 0 Å². The zero-order valence-corrected chi connectivity index (χ0v) is 10.2. The number of thiophene rings is 1. The van der Waals surface area contributed by atoms with Gasteiger partial charge in [0, 0.05) is 6.42 Å². The van der Waals surface area contributed by atoms with Crippen LogP contribution in [0.25, 0.3) is 0 Å². The molecule has 0 unspecified atom stereocenters. The lowest BCUT2D eigenvalue weighted by molar-refractivity contribution is 0.0687. The SMILES string of the molecule is O=C(O)c1c(F)cccc1OCCc1ccsc1. The van der Waals surface area contributed by atoms with Gasteiger partial charge in [-0.25, -0.2) is 9.18 Å². The number of hydrogen-bond acceptors (Lipinski definition) is 3. The minimum atomic E-state index is -1.32. The molecule has 5 heteroatoms. The molecule has 0 saturated carbocycles. The molecule has 1 N–H and O–H groups in total. The molecular weight excluding hydrogens is 255 g/mol. The molecule has 0 aliphatic carbocycles. The summed E-state index contributed by atoms with van der Waals surface area (Å²) in [6.07, 6.45) is 0.666. The van der Waals surface area contributed by atoms with Gasteiger partial charge in [-0.1, -0.05) is 6.07 Å². The van der Waals surface area contributed by atoms with E-state index in [1.165, 1.54) is 12.1 Å². The molecule has 0 amide bonds. The Balaban J connectivity index is 2.05. The number of rotatable bonds is 5. The van der Waals surface area contributed by atoms with E-state index in [0.29, 0.717) is 13.0 Å². The molecule has 1 heterocycles. The largest absolute Gasteiger partial charge is 0.492 e. The fraction of sp³-hybridized carbons (Fsp3) is 0.154. The van der Waals surface area contributed by atoms with Gasteiger partial charge in [-0.05, 0) is 34.5 Å². The van der Waals surface area contributed by atoms with Gasteiger partial charge in [-0.2, -0.15) is 11.3 Å². The molecule has 3 nitrogen and oxygen atoms in total. The molecule has 0 atom stereocenters. The monoisotopic (exact) mass is 266 g/mol. The number of hydrogen-bond donors (Lipinski definition) is 1. The second-order valence-electron chi connectivity index (χ2n) is 3.65. The van der Waals surface area contributed by atoms with Crippen LogP contribution < -0.4 is 4.74 Å². The third-order valence-corrected chi connectivity index (χ3v) is 3.15. The normalized spacial score (nSPS) is 10.3. The fourth-order valence-electron chi connectivity index (χ4n) is 1.55. The van der Waals surface area contributed by atoms with Crippen molar-refractivity contribution < 1.29 is 19.0 Å². The molecule has 0 aliphatic heterocycles. The fourth-order valence-corrected chi connectivity index (χ4v) is 2.25. The predicted octanol–water partition coefficient (Wildman–Crippen LogP) is 3.21. The molecule has 0 fully saturated rings. The maximum absolute atomic E-state index is 13.3. The molecule has 94 valence electrons. The lowest BCUT2D eigenvalue weighted by Gasteiger charge is -2.09. The van der Waals surface area contributed by atoms with Crippen LogP contribution in [0, 0.1) is 5.82 Å². The maximum Gasteiger partial charge on any atom is 0.342 e. The first-order valence-corrected chi connectivity index (χ1v) is 6.28. The van der Waals surface area contributed by atoms with Gasteiger partial charge in [0.05, 0.1) is 6.61 Å². The Bertz CT molecular complexity index is 537. The number of carbonyl (C=O) groups is 1. The van der Waals surface area contributed by atoms with Crippen LogP contribution in [0.5, 0.6) is 5.75 Å². The van der Waals surface area contributed by atoms with E-state index >= 15 is 0 Å². The molecule has 2 aromatic rings. The summed E-state index contributed by atoms with van der Waals surface area (Å²) in [7, 11) is 0. The van der Waals surface area contributed by atoms with Gasteiger partial charge in [0.15, 0.2) is 0 Å². The van der Waals surface area contributed by atoms with Crippen LogP contribution in [0.4, 0.5) is 4.39 Å². The molecular formula is C13H11FO3S. The highest BCUT2D eigenvalue weighted by Crippen LogP contribution is 2.21. The van der Waals surface area contributed by atoms with Crippen LogP contribution >= 0.6 is 11.3 Å². The molecule has 1 aromatic heterocycles. The Morgan fingerprint density at radius 1 is 1.39 bits per heavy atom. The first kappa shape index (κ1) is 12.6. The van der Waals surface area contributed by atoms with Crippen molar-refractivity contribution in [2.24, 2.45) is 0 Å². The number of benzene rings is 1. The Morgan fingerprint density at radius 2 is 2.22 bits per heavy atom. The third kappa shape index (κ3) is 2.87. The van der Waals surface area contributed by atoms with Crippen molar-refractivity contribution in [2.45, 2.75) is 6.42 Å². The number of aromatic carboxylic acids is 1. The smallest absolute Gasteiger partial charge is 0.342 e. The molecule has 0 spiro atoms. The Labute approximate surface area is 107 Å². The highest BCUT2D eigenvalue weighted by molar-refractivity contribution is 7.07. The molecule has 1 aromatic carbocycles. The molecule has 0 saturated heterocycles. The minimum absolute atomic E-state index is 0.0673. The summed E-state index contributed by atoms with van der Waals surface area (Å²) in [5.74, 6) is -2.04. The summed E-state index contributed by atoms with van der Waals surface area (Å²) in [5.41, 5.74) is 0.705. The topological polar surface area (TPSA) is 46.5 Å². The Hall–Kier alpha value is -1.88. The van der Waals surface area contributed by atoms with Crippen molar-refractivity contribution in [1.82, 2.24) is 0 Å². The summed E-state index contributed by atoms with van der Waals surface area (Å²) in [6.45, 7) is 0.320. The van der Waals surface area contributed by atoms with Gasteiger partial charge >= 0.3 is 5.97 Å². The van der Waals surface area contributed by atoms with Crippen LogP contribution in [0.3, 0.4) is 0 Å². The van der Waals surface area contributed by atoms with Crippen LogP contribution in [-0.2, 0) is 6.42 Å². The average Bonchev–Trinajstić information content (AvgIpc) is 2.81. The van der Waals surface area contributed by atoms with E-state index in [1.54, 1.807) is 11.3 Å². The van der Waals surface area contributed by atoms with E-state index in [4.69, 9.17) is 9.84 Å². The second kappa shape index (κ2) is 5.64. The van der Waals surface area contributed by atoms with E-state index in [0.717, 1.165) is 11.6 Å². The molecule has 0 bridgehead atoms. The van der Waals surface area contributed by atoms with Crippen LogP contribution in [0.15, 0.2) is 35.0 Å². The number of carboxylic acid groups (broad SMARTS) is 1. The van der Waals surface area contributed by atoms with Crippen molar-refractivity contribution in [3.63, 3.8) is 0 Å². The molecule has 0 aliphatic rings. The number of halogens is 1. The summed E-state index contributed by atoms with van der Waals surface area (Å²) in [5, 5.41) is 12.9. The van der Waals surface area contributed by atoms with Crippen LogP contribution in [0.2, 0.25) is 0 Å². The zero-order valence-electron chi connectivity index (χ0n) is 9.43. The molecule has 2 rings (SSSR count). The summed E-state index contributed by atoms with van der Waals surface area (Å²) < 4.78 is 18.7. The first-order chi connectivity index (χ1) is 8.68. The van der Waals surface area contributed by atoms with Crippen LogP contribution in [0.1, 0.15) is 15.9 Å². The average molecular weight is 266 g/mol. The maximum atomic E-state index is 13.3. The highest BCUT2D eigenvalue weighted by Gasteiger charge is 2.16. The Kier molecular flexibility index (Phi) is 3.94. The Morgan fingerprint density at radius 3 is 2.89 bits per heavy atom. The molecule has 0 radical (unpaired) electrons. The minimum Gasteiger partial charge on any atom is -0.492 e. The summed E-state index contributed by atoms with van der Waals surface area (Å²) >= 11 is 1.59. The van der Waals surface area contributed by atoms with Gasteiger partial charge in [0.2, 0.25) is 0 Å². The third-order valence-electron chi connectivity index (χ3n) is 2.42. The van der Waals surface area contributed by atoms with Crippen molar-refractivity contribution >= 4 is 17.3 Å². The quantitative estimate of drug-likeness (QED) is 0.904. The van der Waals surface area contributed by atoms with Crippen molar-refractivity contribution in [2.75, 3.05) is 6.61 Å². The standard InChI is InChI=1S/C13H11FO3S/c14-10-2-1-3-11(12(10)13(15)16)17-6-4-9-5-7-18-8-9/h1-3,5,7-8H,4,6H2,(H,15,16). The summed E-state index contributed by atoms with van der Waals surface area (Å²) in [6, 6.07) is 5.97. The van der Waals surface area contributed by atoms with Gasteiger partial charge in [0.25, 0.3) is 0 Å². The van der Waals surface area contributed by atoms with E-state index in [9.17, 15) is 9.18 Å². The first-order valence-electron chi connectivity index (χ1n) is 5.34. The van der Waals surface area contributed by atoms with Crippen LogP contribution in [-0.4, -0.2) is 17.7 Å². The zero-order chi connectivity index (χ0) is 13.0. The van der Waals surface area contributed by atoms with E-state index < -0.39 is 17.3 Å².